The molecule has 0 unspecified atom stereocenters. The maximum atomic E-state index is 13.3. The predicted octanol–water partition coefficient (Wildman–Crippen LogP) is 2.38. The Balaban J connectivity index is 1.71. The summed E-state index contributed by atoms with van der Waals surface area (Å²) in [7, 11) is -3.91. The van der Waals surface area contributed by atoms with Gasteiger partial charge in [0.05, 0.1) is 9.82 Å². The highest BCUT2D eigenvalue weighted by atomic mass is 32.2. The van der Waals surface area contributed by atoms with E-state index in [0.29, 0.717) is 19.2 Å². The van der Waals surface area contributed by atoms with Crippen molar-refractivity contribution in [2.45, 2.75) is 4.90 Å². The number of halogens is 2. The van der Waals surface area contributed by atoms with Gasteiger partial charge >= 0.3 is 0 Å². The Labute approximate surface area is 148 Å². The van der Waals surface area contributed by atoms with E-state index in [1.54, 1.807) is 12.1 Å². The van der Waals surface area contributed by atoms with Crippen LogP contribution in [0.4, 0.5) is 20.2 Å². The molecule has 1 aliphatic heterocycles. The van der Waals surface area contributed by atoms with Crippen LogP contribution < -0.4 is 4.90 Å². The van der Waals surface area contributed by atoms with E-state index >= 15 is 0 Å². The van der Waals surface area contributed by atoms with E-state index in [9.17, 15) is 27.3 Å². The first-order chi connectivity index (χ1) is 12.3. The van der Waals surface area contributed by atoms with Gasteiger partial charge in [0.2, 0.25) is 10.0 Å². The second-order valence-electron chi connectivity index (χ2n) is 5.74. The first-order valence-corrected chi connectivity index (χ1v) is 9.17. The van der Waals surface area contributed by atoms with Crippen molar-refractivity contribution < 1.29 is 22.1 Å². The summed E-state index contributed by atoms with van der Waals surface area (Å²) in [6.45, 7) is 1.08. The lowest BCUT2D eigenvalue weighted by atomic mass is 10.2. The van der Waals surface area contributed by atoms with Crippen molar-refractivity contribution in [1.29, 1.82) is 0 Å². The van der Waals surface area contributed by atoms with Gasteiger partial charge in [0.1, 0.15) is 0 Å². The highest BCUT2D eigenvalue weighted by Crippen LogP contribution is 2.24. The van der Waals surface area contributed by atoms with E-state index in [4.69, 9.17) is 0 Å². The molecule has 0 aromatic heterocycles. The van der Waals surface area contributed by atoms with Gasteiger partial charge in [-0.2, -0.15) is 4.31 Å². The fourth-order valence-corrected chi connectivity index (χ4v) is 4.19. The minimum Gasteiger partial charge on any atom is -0.369 e. The maximum Gasteiger partial charge on any atom is 0.269 e. The molecule has 0 amide bonds. The van der Waals surface area contributed by atoms with Crippen LogP contribution in [0.3, 0.4) is 0 Å². The van der Waals surface area contributed by atoms with Crippen LogP contribution in [0.25, 0.3) is 0 Å². The largest absolute Gasteiger partial charge is 0.369 e. The summed E-state index contributed by atoms with van der Waals surface area (Å²) in [5.41, 5.74) is 0.730. The van der Waals surface area contributed by atoms with Crippen LogP contribution in [0.1, 0.15) is 0 Å². The molecule has 1 saturated heterocycles. The van der Waals surface area contributed by atoms with Gasteiger partial charge in [0.25, 0.3) is 5.69 Å². The standard InChI is InChI=1S/C16H15F2N3O4S/c17-15-6-5-14(11-16(15)18)26(24,25)20-9-7-19(8-10-20)12-1-3-13(4-2-12)21(22)23/h1-6,11H,7-10H2. The number of nitro benzene ring substituents is 1. The van der Waals surface area contributed by atoms with E-state index in [0.717, 1.165) is 17.8 Å². The van der Waals surface area contributed by atoms with Crippen LogP contribution >= 0.6 is 0 Å². The third-order valence-electron chi connectivity index (χ3n) is 4.19. The SMILES string of the molecule is O=[N+]([O-])c1ccc(N2CCN(S(=O)(=O)c3ccc(F)c(F)c3)CC2)cc1. The zero-order valence-corrected chi connectivity index (χ0v) is 14.3. The predicted molar refractivity (Wildman–Crippen MR) is 90.4 cm³/mol. The molecule has 0 N–H and O–H groups in total. The van der Waals surface area contributed by atoms with Crippen molar-refractivity contribution in [3.05, 3.63) is 64.2 Å². The number of non-ortho nitro benzene ring substituents is 1. The Morgan fingerprint density at radius 3 is 2.08 bits per heavy atom. The van der Waals surface area contributed by atoms with Crippen LogP contribution in [0.2, 0.25) is 0 Å². The van der Waals surface area contributed by atoms with Crippen LogP contribution in [-0.4, -0.2) is 43.8 Å². The van der Waals surface area contributed by atoms with Crippen molar-refractivity contribution in [2.24, 2.45) is 0 Å². The molecule has 2 aromatic carbocycles. The molecule has 7 nitrogen and oxygen atoms in total. The normalized spacial score (nSPS) is 15.8. The summed E-state index contributed by atoms with van der Waals surface area (Å²) < 4.78 is 52.7. The molecule has 0 bridgehead atoms. The molecular weight excluding hydrogens is 368 g/mol. The van der Waals surface area contributed by atoms with Crippen molar-refractivity contribution in [3.63, 3.8) is 0 Å². The summed E-state index contributed by atoms with van der Waals surface area (Å²) in [5, 5.41) is 10.7. The average molecular weight is 383 g/mol. The number of nitro groups is 1. The number of sulfonamides is 1. The van der Waals surface area contributed by atoms with Crippen LogP contribution in [0.5, 0.6) is 0 Å². The number of hydrogen-bond acceptors (Lipinski definition) is 5. The summed E-state index contributed by atoms with van der Waals surface area (Å²) in [6, 6.07) is 8.49. The summed E-state index contributed by atoms with van der Waals surface area (Å²) in [5.74, 6) is -2.32. The molecule has 3 rings (SSSR count). The number of nitrogens with zero attached hydrogens (tertiary/aromatic N) is 3. The summed E-state index contributed by atoms with van der Waals surface area (Å²) in [6.07, 6.45) is 0. The van der Waals surface area contributed by atoms with Gasteiger partial charge in [-0.1, -0.05) is 0 Å². The quantitative estimate of drug-likeness (QED) is 0.598. The van der Waals surface area contributed by atoms with Gasteiger partial charge in [-0.15, -0.1) is 0 Å². The fraction of sp³-hybridized carbons (Fsp3) is 0.250. The minimum absolute atomic E-state index is 0.0201. The molecular formula is C16H15F2N3O4S. The molecule has 1 aliphatic rings. The number of anilines is 1. The Morgan fingerprint density at radius 1 is 0.923 bits per heavy atom. The fourth-order valence-electron chi connectivity index (χ4n) is 2.76. The first-order valence-electron chi connectivity index (χ1n) is 7.73. The van der Waals surface area contributed by atoms with E-state index < -0.39 is 26.6 Å². The van der Waals surface area contributed by atoms with Crippen molar-refractivity contribution in [2.75, 3.05) is 31.1 Å². The van der Waals surface area contributed by atoms with Crippen LogP contribution in [-0.2, 0) is 10.0 Å². The Hall–Kier alpha value is -2.59. The van der Waals surface area contributed by atoms with Crippen LogP contribution in [0.15, 0.2) is 47.4 Å². The molecule has 1 fully saturated rings. The lowest BCUT2D eigenvalue weighted by Gasteiger charge is -2.35. The highest BCUT2D eigenvalue weighted by molar-refractivity contribution is 7.89. The molecule has 0 spiro atoms. The third kappa shape index (κ3) is 3.51. The topological polar surface area (TPSA) is 83.8 Å². The smallest absolute Gasteiger partial charge is 0.269 e. The minimum atomic E-state index is -3.91. The maximum absolute atomic E-state index is 13.3. The zero-order chi connectivity index (χ0) is 18.9. The highest BCUT2D eigenvalue weighted by Gasteiger charge is 2.29. The van der Waals surface area contributed by atoms with Crippen molar-refractivity contribution in [1.82, 2.24) is 4.31 Å². The zero-order valence-electron chi connectivity index (χ0n) is 13.5. The van der Waals surface area contributed by atoms with Crippen molar-refractivity contribution >= 4 is 21.4 Å². The third-order valence-corrected chi connectivity index (χ3v) is 6.09. The molecule has 26 heavy (non-hydrogen) atoms. The van der Waals surface area contributed by atoms with E-state index in [1.807, 2.05) is 4.90 Å². The van der Waals surface area contributed by atoms with Crippen molar-refractivity contribution in [3.8, 4) is 0 Å². The molecule has 2 aromatic rings. The molecule has 0 radical (unpaired) electrons. The Bertz CT molecular complexity index is 927. The molecule has 0 saturated carbocycles. The Morgan fingerprint density at radius 2 is 1.54 bits per heavy atom. The molecule has 138 valence electrons. The molecule has 0 aliphatic carbocycles. The van der Waals surface area contributed by atoms with E-state index in [-0.39, 0.29) is 23.7 Å². The van der Waals surface area contributed by atoms with Gasteiger partial charge in [-0.3, -0.25) is 10.1 Å². The van der Waals surface area contributed by atoms with E-state index in [1.165, 1.54) is 16.4 Å². The first kappa shape index (κ1) is 18.2. The monoisotopic (exact) mass is 383 g/mol. The lowest BCUT2D eigenvalue weighted by molar-refractivity contribution is -0.384. The van der Waals surface area contributed by atoms with Gasteiger partial charge < -0.3 is 4.90 Å². The van der Waals surface area contributed by atoms with Gasteiger partial charge in [-0.05, 0) is 30.3 Å². The number of hydrogen-bond donors (Lipinski definition) is 0. The Kier molecular flexibility index (Phi) is 4.88. The second-order valence-corrected chi connectivity index (χ2v) is 7.68. The number of benzene rings is 2. The molecule has 1 heterocycles. The lowest BCUT2D eigenvalue weighted by Crippen LogP contribution is -2.48. The molecule has 0 atom stereocenters. The number of piperazine rings is 1. The summed E-state index contributed by atoms with van der Waals surface area (Å²) >= 11 is 0. The second kappa shape index (κ2) is 6.96. The number of rotatable bonds is 4. The van der Waals surface area contributed by atoms with E-state index in [2.05, 4.69) is 0 Å². The van der Waals surface area contributed by atoms with Gasteiger partial charge in [0.15, 0.2) is 11.6 Å². The molecule has 10 heteroatoms. The average Bonchev–Trinajstić information content (AvgIpc) is 2.64. The van der Waals surface area contributed by atoms with Gasteiger partial charge in [-0.25, -0.2) is 17.2 Å². The van der Waals surface area contributed by atoms with Crippen LogP contribution in [0, 0.1) is 21.7 Å². The van der Waals surface area contributed by atoms with Gasteiger partial charge in [0, 0.05) is 44.0 Å². The summed E-state index contributed by atoms with van der Waals surface area (Å²) in [4.78, 5) is 11.8.